The van der Waals surface area contributed by atoms with Crippen molar-refractivity contribution in [1.82, 2.24) is 4.90 Å². The van der Waals surface area contributed by atoms with Crippen molar-refractivity contribution in [1.29, 1.82) is 0 Å². The molecule has 0 heterocycles. The first-order chi connectivity index (χ1) is 11.7. The minimum atomic E-state index is -0.780. The molecular weight excluding hydrogens is 322 g/mol. The molecule has 0 aliphatic rings. The van der Waals surface area contributed by atoms with E-state index >= 15 is 0 Å². The van der Waals surface area contributed by atoms with E-state index in [1.54, 1.807) is 34.7 Å². The number of rotatable bonds is 6. The molecule has 0 saturated heterocycles. The molecule has 0 aliphatic carbocycles. The largest absolute Gasteiger partial charge is 0.481 e. The Labute approximate surface area is 152 Å². The minimum Gasteiger partial charge on any atom is -0.481 e. The van der Waals surface area contributed by atoms with Gasteiger partial charge >= 0.3 is 5.97 Å². The van der Waals surface area contributed by atoms with Crippen molar-refractivity contribution in [3.05, 3.63) is 0 Å². The highest BCUT2D eigenvalue weighted by Crippen LogP contribution is 2.04. The van der Waals surface area contributed by atoms with Crippen LogP contribution in [0.4, 0.5) is 0 Å². The van der Waals surface area contributed by atoms with E-state index in [2.05, 4.69) is 23.7 Å². The Morgan fingerprint density at radius 2 is 1.40 bits per heavy atom. The quantitative estimate of drug-likeness (QED) is 0.500. The van der Waals surface area contributed by atoms with Gasteiger partial charge in [0.25, 0.3) is 0 Å². The van der Waals surface area contributed by atoms with Crippen molar-refractivity contribution in [2.75, 3.05) is 20.4 Å². The SMILES string of the molecule is CC#CC[C@H](C)C(=O)N(C)CO.CC#CC[C@H](C)C(=O)O.CCCO. The van der Waals surface area contributed by atoms with E-state index in [0.29, 0.717) is 19.4 Å². The zero-order chi connectivity index (χ0) is 20.3. The van der Waals surface area contributed by atoms with Crippen LogP contribution in [0.5, 0.6) is 0 Å². The fourth-order valence-electron chi connectivity index (χ4n) is 1.13. The molecule has 0 aliphatic heterocycles. The third kappa shape index (κ3) is 19.9. The predicted octanol–water partition coefficient (Wildman–Crippen LogP) is 1.95. The van der Waals surface area contributed by atoms with E-state index in [-0.39, 0.29) is 24.5 Å². The van der Waals surface area contributed by atoms with Gasteiger partial charge in [-0.25, -0.2) is 0 Å². The number of carboxylic acid groups (broad SMARTS) is 1. The van der Waals surface area contributed by atoms with Crippen LogP contribution < -0.4 is 0 Å². The Hall–Kier alpha value is -2.02. The van der Waals surface area contributed by atoms with E-state index in [9.17, 15) is 9.59 Å². The first-order valence-corrected chi connectivity index (χ1v) is 8.21. The van der Waals surface area contributed by atoms with Crippen LogP contribution in [0.15, 0.2) is 0 Å². The number of aliphatic carboxylic acids is 1. The molecule has 0 aromatic rings. The summed E-state index contributed by atoms with van der Waals surface area (Å²) in [6.45, 7) is 8.91. The molecule has 0 bridgehead atoms. The normalized spacial score (nSPS) is 10.7. The second-order valence-electron chi connectivity index (χ2n) is 5.30. The molecule has 2 atom stereocenters. The van der Waals surface area contributed by atoms with Crippen molar-refractivity contribution in [3.8, 4) is 23.7 Å². The number of carbonyl (C=O) groups is 2. The van der Waals surface area contributed by atoms with Crippen LogP contribution in [0.2, 0.25) is 0 Å². The standard InChI is InChI=1S/C9H15NO2.C7H10O2.C3H8O/c1-4-5-6-8(2)9(12)10(3)7-11;1-3-4-5-6(2)7(8)9;1-2-3-4/h8,11H,6-7H2,1-3H3;6H,5H2,1-2H3,(H,8,9);4H,2-3H2,1H3/t8-;6-;/m00./s1. The fourth-order valence-corrected chi connectivity index (χ4v) is 1.13. The molecular formula is C19H33NO5. The molecule has 0 aromatic carbocycles. The van der Waals surface area contributed by atoms with Gasteiger partial charge in [-0.2, -0.15) is 0 Å². The summed E-state index contributed by atoms with van der Waals surface area (Å²) in [7, 11) is 1.57. The van der Waals surface area contributed by atoms with Gasteiger partial charge in [0.05, 0.1) is 5.92 Å². The highest BCUT2D eigenvalue weighted by Gasteiger charge is 2.14. The molecule has 6 nitrogen and oxygen atoms in total. The Morgan fingerprint density at radius 3 is 1.68 bits per heavy atom. The van der Waals surface area contributed by atoms with Crippen LogP contribution in [0.1, 0.15) is 53.9 Å². The summed E-state index contributed by atoms with van der Waals surface area (Å²) in [4.78, 5) is 22.7. The summed E-state index contributed by atoms with van der Waals surface area (Å²) < 4.78 is 0. The first-order valence-electron chi connectivity index (χ1n) is 8.21. The van der Waals surface area contributed by atoms with Gasteiger partial charge in [-0.05, 0) is 20.3 Å². The summed E-state index contributed by atoms with van der Waals surface area (Å²) in [5.74, 6) is 9.58. The highest BCUT2D eigenvalue weighted by molar-refractivity contribution is 5.78. The summed E-state index contributed by atoms with van der Waals surface area (Å²) in [5, 5.41) is 24.9. The van der Waals surface area contributed by atoms with Crippen molar-refractivity contribution in [2.24, 2.45) is 11.8 Å². The van der Waals surface area contributed by atoms with Gasteiger partial charge in [-0.1, -0.05) is 20.8 Å². The predicted molar refractivity (Wildman–Crippen MR) is 99.3 cm³/mol. The van der Waals surface area contributed by atoms with E-state index < -0.39 is 5.97 Å². The number of amides is 1. The van der Waals surface area contributed by atoms with Gasteiger partial charge in [0, 0.05) is 32.4 Å². The number of aliphatic hydroxyl groups is 2. The van der Waals surface area contributed by atoms with Gasteiger partial charge in [0.1, 0.15) is 6.73 Å². The topological polar surface area (TPSA) is 98.1 Å². The van der Waals surface area contributed by atoms with Crippen molar-refractivity contribution >= 4 is 11.9 Å². The lowest BCUT2D eigenvalue weighted by molar-refractivity contribution is -0.141. The molecule has 0 aromatic heterocycles. The number of carbonyl (C=O) groups excluding carboxylic acids is 1. The summed E-state index contributed by atoms with van der Waals surface area (Å²) in [5.41, 5.74) is 0. The second kappa shape index (κ2) is 20.0. The molecule has 144 valence electrons. The lowest BCUT2D eigenvalue weighted by Gasteiger charge is -2.16. The Kier molecular flexibility index (Phi) is 22.3. The fraction of sp³-hybridized carbons (Fsp3) is 0.684. The maximum absolute atomic E-state index is 11.3. The number of carboxylic acids is 1. The van der Waals surface area contributed by atoms with Crippen molar-refractivity contribution in [2.45, 2.75) is 53.9 Å². The molecule has 0 fully saturated rings. The van der Waals surface area contributed by atoms with Gasteiger partial charge < -0.3 is 20.2 Å². The Balaban J connectivity index is -0.000000328. The van der Waals surface area contributed by atoms with E-state index in [1.165, 1.54) is 4.90 Å². The van der Waals surface area contributed by atoms with Gasteiger partial charge in [-0.15, -0.1) is 23.7 Å². The average molecular weight is 355 g/mol. The Morgan fingerprint density at radius 1 is 1.00 bits per heavy atom. The maximum Gasteiger partial charge on any atom is 0.307 e. The smallest absolute Gasteiger partial charge is 0.307 e. The molecule has 0 spiro atoms. The third-order valence-corrected chi connectivity index (χ3v) is 2.83. The van der Waals surface area contributed by atoms with Gasteiger partial charge in [0.15, 0.2) is 0 Å². The van der Waals surface area contributed by atoms with Gasteiger partial charge in [-0.3, -0.25) is 9.59 Å². The van der Waals surface area contributed by atoms with Crippen LogP contribution in [0, 0.1) is 35.5 Å². The van der Waals surface area contributed by atoms with Crippen LogP contribution in [0.3, 0.4) is 0 Å². The molecule has 0 saturated carbocycles. The monoisotopic (exact) mass is 355 g/mol. The molecule has 25 heavy (non-hydrogen) atoms. The zero-order valence-electron chi connectivity index (χ0n) is 16.3. The van der Waals surface area contributed by atoms with Crippen LogP contribution in [-0.4, -0.2) is 52.5 Å². The zero-order valence-corrected chi connectivity index (χ0v) is 16.3. The first kappa shape index (κ1) is 27.8. The van der Waals surface area contributed by atoms with E-state index in [4.69, 9.17) is 15.3 Å². The number of hydrogen-bond acceptors (Lipinski definition) is 4. The van der Waals surface area contributed by atoms with Crippen LogP contribution in [0.25, 0.3) is 0 Å². The van der Waals surface area contributed by atoms with E-state index in [1.807, 2.05) is 6.92 Å². The Bertz CT molecular complexity index is 466. The molecule has 0 unspecified atom stereocenters. The molecule has 3 N–H and O–H groups in total. The minimum absolute atomic E-state index is 0.0692. The van der Waals surface area contributed by atoms with Gasteiger partial charge in [0.2, 0.25) is 5.91 Å². The third-order valence-electron chi connectivity index (χ3n) is 2.83. The maximum atomic E-state index is 11.3. The second-order valence-corrected chi connectivity index (χ2v) is 5.30. The lowest BCUT2D eigenvalue weighted by Crippen LogP contribution is -2.32. The summed E-state index contributed by atoms with van der Waals surface area (Å²) >= 11 is 0. The molecule has 6 heteroatoms. The number of aliphatic hydroxyl groups excluding tert-OH is 2. The van der Waals surface area contributed by atoms with Crippen LogP contribution in [-0.2, 0) is 9.59 Å². The van der Waals surface area contributed by atoms with Crippen molar-refractivity contribution in [3.63, 3.8) is 0 Å². The number of nitrogens with zero attached hydrogens (tertiary/aromatic N) is 1. The summed E-state index contributed by atoms with van der Waals surface area (Å²) in [6.07, 6.45) is 1.88. The van der Waals surface area contributed by atoms with E-state index in [0.717, 1.165) is 6.42 Å². The summed E-state index contributed by atoms with van der Waals surface area (Å²) in [6, 6.07) is 0. The number of hydrogen-bond donors (Lipinski definition) is 3. The average Bonchev–Trinajstić information content (AvgIpc) is 2.63. The lowest BCUT2D eigenvalue weighted by atomic mass is 10.1. The van der Waals surface area contributed by atoms with Crippen molar-refractivity contribution < 1.29 is 24.9 Å². The van der Waals surface area contributed by atoms with Crippen LogP contribution >= 0.6 is 0 Å². The highest BCUT2D eigenvalue weighted by atomic mass is 16.4. The molecule has 0 rings (SSSR count). The molecule has 0 radical (unpaired) electrons. The molecule has 1 amide bonds.